The molecule has 1 unspecified atom stereocenters. The number of alkyl halides is 3. The number of ether oxygens (including phenoxy) is 2. The normalized spacial score (nSPS) is 17.1. The Hall–Kier alpha value is -4.03. The quantitative estimate of drug-likeness (QED) is 0.272. The lowest BCUT2D eigenvalue weighted by atomic mass is 10.1. The molecule has 1 fully saturated rings. The van der Waals surface area contributed by atoms with Crippen LogP contribution in [0.15, 0.2) is 60.7 Å². The summed E-state index contributed by atoms with van der Waals surface area (Å²) in [4.78, 5) is 26.6. The van der Waals surface area contributed by atoms with Gasteiger partial charge in [0.15, 0.2) is 6.61 Å². The predicted octanol–water partition coefficient (Wildman–Crippen LogP) is 5.54. The first-order chi connectivity index (χ1) is 19.5. The van der Waals surface area contributed by atoms with Crippen molar-refractivity contribution in [1.29, 1.82) is 0 Å². The molecule has 0 bridgehead atoms. The van der Waals surface area contributed by atoms with Crippen LogP contribution in [0, 0.1) is 10.1 Å². The van der Waals surface area contributed by atoms with Gasteiger partial charge in [0, 0.05) is 61.6 Å². The molecule has 2 heterocycles. The number of rotatable bonds is 8. The molecule has 41 heavy (non-hydrogen) atoms. The highest BCUT2D eigenvalue weighted by Crippen LogP contribution is 2.38. The van der Waals surface area contributed by atoms with E-state index in [-0.39, 0.29) is 24.3 Å². The van der Waals surface area contributed by atoms with Gasteiger partial charge in [-0.15, -0.1) is 0 Å². The van der Waals surface area contributed by atoms with E-state index in [1.54, 1.807) is 29.2 Å². The van der Waals surface area contributed by atoms with Crippen molar-refractivity contribution < 1.29 is 32.4 Å². The minimum atomic E-state index is -4.87. The number of hydrogen-bond acceptors (Lipinski definition) is 7. The van der Waals surface area contributed by atoms with Gasteiger partial charge in [-0.25, -0.2) is 0 Å². The van der Waals surface area contributed by atoms with Crippen LogP contribution in [-0.2, 0) is 17.4 Å². The minimum Gasteiger partial charge on any atom is -0.488 e. The van der Waals surface area contributed by atoms with Gasteiger partial charge < -0.3 is 19.7 Å². The van der Waals surface area contributed by atoms with Crippen LogP contribution in [-0.4, -0.2) is 66.1 Å². The fraction of sp³-hybridized carbons (Fsp3) is 0.321. The summed E-state index contributed by atoms with van der Waals surface area (Å²) in [5, 5.41) is 14.4. The van der Waals surface area contributed by atoms with Crippen LogP contribution in [0.4, 0.5) is 30.2 Å². The van der Waals surface area contributed by atoms with Gasteiger partial charge in [-0.05, 0) is 60.2 Å². The van der Waals surface area contributed by atoms with Crippen LogP contribution in [0.1, 0.15) is 11.1 Å². The molecule has 13 heteroatoms. The van der Waals surface area contributed by atoms with Crippen molar-refractivity contribution in [2.75, 3.05) is 44.6 Å². The van der Waals surface area contributed by atoms with E-state index in [9.17, 15) is 28.1 Å². The summed E-state index contributed by atoms with van der Waals surface area (Å²) in [5.74, 6) is 1.15. The van der Waals surface area contributed by atoms with Crippen LogP contribution in [0.5, 0.6) is 11.5 Å². The Balaban J connectivity index is 1.07. The summed E-state index contributed by atoms with van der Waals surface area (Å²) >= 11 is 6.07. The number of carbonyl (C=O) groups excluding carboxylic acids is 1. The largest absolute Gasteiger partial charge is 0.488 e. The molecule has 2 aliphatic rings. The highest BCUT2D eigenvalue weighted by molar-refractivity contribution is 6.30. The molecule has 1 atom stereocenters. The number of nitro groups is 1. The molecule has 0 aliphatic carbocycles. The standard InChI is InChI=1S/C28H26ClF3N4O5/c29-19-1-8-26-18(13-19)14-23(41-26)16-34-9-11-35(12-10-34)27(37)17-40-22-5-2-20(3-6-22)33-21-4-7-25(36(38)39)24(15-21)28(30,31)32/h1-8,13,15,23,33H,9-12,14,16-17H2. The molecule has 0 saturated carbocycles. The van der Waals surface area contributed by atoms with Gasteiger partial charge in [-0.3, -0.25) is 19.8 Å². The monoisotopic (exact) mass is 590 g/mol. The first-order valence-corrected chi connectivity index (χ1v) is 13.2. The maximum absolute atomic E-state index is 13.2. The number of carbonyl (C=O) groups is 1. The average molecular weight is 591 g/mol. The molecule has 1 amide bonds. The van der Waals surface area contributed by atoms with E-state index in [2.05, 4.69) is 10.2 Å². The van der Waals surface area contributed by atoms with Crippen LogP contribution in [0.3, 0.4) is 0 Å². The minimum absolute atomic E-state index is 0.0411. The molecule has 1 N–H and O–H groups in total. The van der Waals surface area contributed by atoms with Crippen molar-refractivity contribution in [3.05, 3.63) is 86.9 Å². The second-order valence-electron chi connectivity index (χ2n) is 9.80. The summed E-state index contributed by atoms with van der Waals surface area (Å²) in [5.41, 5.74) is -0.759. The van der Waals surface area contributed by atoms with E-state index in [0.29, 0.717) is 35.6 Å². The number of halogens is 4. The Bertz CT molecular complexity index is 1430. The van der Waals surface area contributed by atoms with E-state index in [0.717, 1.165) is 43.4 Å². The van der Waals surface area contributed by atoms with E-state index >= 15 is 0 Å². The molecular formula is C28H26ClF3N4O5. The molecule has 2 aliphatic heterocycles. The molecule has 5 rings (SSSR count). The molecule has 3 aromatic rings. The number of fused-ring (bicyclic) bond motifs is 1. The van der Waals surface area contributed by atoms with E-state index in [1.807, 2.05) is 18.2 Å². The van der Waals surface area contributed by atoms with Gasteiger partial charge >= 0.3 is 6.18 Å². The maximum Gasteiger partial charge on any atom is 0.423 e. The number of amides is 1. The number of nitrogens with one attached hydrogen (secondary N) is 1. The zero-order chi connectivity index (χ0) is 29.1. The zero-order valence-electron chi connectivity index (χ0n) is 21.7. The summed E-state index contributed by atoms with van der Waals surface area (Å²) in [7, 11) is 0. The van der Waals surface area contributed by atoms with Crippen LogP contribution >= 0.6 is 11.6 Å². The Labute approximate surface area is 238 Å². The second kappa shape index (κ2) is 11.8. The Morgan fingerprint density at radius 3 is 2.44 bits per heavy atom. The molecular weight excluding hydrogens is 565 g/mol. The number of piperazine rings is 1. The number of anilines is 2. The number of hydrogen-bond donors (Lipinski definition) is 1. The van der Waals surface area contributed by atoms with Gasteiger partial charge in [0.2, 0.25) is 0 Å². The summed E-state index contributed by atoms with van der Waals surface area (Å²) in [6.07, 6.45) is -4.01. The van der Waals surface area contributed by atoms with Crippen LogP contribution < -0.4 is 14.8 Å². The first kappa shape index (κ1) is 28.5. The fourth-order valence-corrected chi connectivity index (χ4v) is 5.09. The van der Waals surface area contributed by atoms with E-state index < -0.39 is 22.4 Å². The Morgan fingerprint density at radius 2 is 1.76 bits per heavy atom. The van der Waals surface area contributed by atoms with E-state index in [1.165, 1.54) is 6.07 Å². The Morgan fingerprint density at radius 1 is 1.05 bits per heavy atom. The van der Waals surface area contributed by atoms with Crippen molar-refractivity contribution in [3.63, 3.8) is 0 Å². The highest BCUT2D eigenvalue weighted by Gasteiger charge is 2.38. The van der Waals surface area contributed by atoms with Gasteiger partial charge in [0.1, 0.15) is 23.2 Å². The van der Waals surface area contributed by atoms with Gasteiger partial charge in [0.05, 0.1) is 4.92 Å². The number of nitro benzene ring substituents is 1. The summed E-state index contributed by atoms with van der Waals surface area (Å²) in [6, 6.07) is 14.7. The van der Waals surface area contributed by atoms with Crippen molar-refractivity contribution in [1.82, 2.24) is 9.80 Å². The summed E-state index contributed by atoms with van der Waals surface area (Å²) in [6.45, 7) is 3.22. The zero-order valence-corrected chi connectivity index (χ0v) is 22.5. The average Bonchev–Trinajstić information content (AvgIpc) is 3.33. The smallest absolute Gasteiger partial charge is 0.423 e. The maximum atomic E-state index is 13.2. The molecule has 3 aromatic carbocycles. The molecule has 9 nitrogen and oxygen atoms in total. The van der Waals surface area contributed by atoms with Crippen molar-refractivity contribution in [2.45, 2.75) is 18.7 Å². The fourth-order valence-electron chi connectivity index (χ4n) is 4.90. The SMILES string of the molecule is O=C(COc1ccc(Nc2ccc([N+](=O)[O-])c(C(F)(F)F)c2)cc1)N1CCN(CC2Cc3cc(Cl)ccc3O2)CC1. The van der Waals surface area contributed by atoms with Crippen LogP contribution in [0.2, 0.25) is 5.02 Å². The second-order valence-corrected chi connectivity index (χ2v) is 10.2. The van der Waals surface area contributed by atoms with Crippen LogP contribution in [0.25, 0.3) is 0 Å². The number of benzene rings is 3. The molecule has 0 radical (unpaired) electrons. The Kier molecular flexibility index (Phi) is 8.22. The third kappa shape index (κ3) is 7.01. The summed E-state index contributed by atoms with van der Waals surface area (Å²) < 4.78 is 51.3. The molecule has 1 saturated heterocycles. The third-order valence-electron chi connectivity index (χ3n) is 6.95. The van der Waals surface area contributed by atoms with Crippen molar-refractivity contribution in [3.8, 4) is 11.5 Å². The first-order valence-electron chi connectivity index (χ1n) is 12.9. The molecule has 0 spiro atoms. The topological polar surface area (TPSA) is 97.2 Å². The molecule has 216 valence electrons. The highest BCUT2D eigenvalue weighted by atomic mass is 35.5. The lowest BCUT2D eigenvalue weighted by molar-refractivity contribution is -0.388. The lowest BCUT2D eigenvalue weighted by Gasteiger charge is -2.35. The van der Waals surface area contributed by atoms with Gasteiger partial charge in [0.25, 0.3) is 11.6 Å². The van der Waals surface area contributed by atoms with Crippen molar-refractivity contribution >= 4 is 34.6 Å². The lowest BCUT2D eigenvalue weighted by Crippen LogP contribution is -2.51. The van der Waals surface area contributed by atoms with Crippen molar-refractivity contribution in [2.24, 2.45) is 0 Å². The predicted molar refractivity (Wildman–Crippen MR) is 146 cm³/mol. The number of nitrogens with zero attached hydrogens (tertiary/aromatic N) is 3. The van der Waals surface area contributed by atoms with Gasteiger partial charge in [-0.1, -0.05) is 11.6 Å². The third-order valence-corrected chi connectivity index (χ3v) is 7.19. The molecule has 0 aromatic heterocycles. The van der Waals surface area contributed by atoms with Gasteiger partial charge in [-0.2, -0.15) is 13.2 Å². The van der Waals surface area contributed by atoms with E-state index in [4.69, 9.17) is 21.1 Å².